The van der Waals surface area contributed by atoms with Crippen LogP contribution in [0.1, 0.15) is 22.8 Å². The van der Waals surface area contributed by atoms with Crippen LogP contribution in [0.4, 0.5) is 10.8 Å². The Hall–Kier alpha value is -3.36. The first-order chi connectivity index (χ1) is 16.0. The lowest BCUT2D eigenvalue weighted by Gasteiger charge is -2.08. The van der Waals surface area contributed by atoms with Crippen molar-refractivity contribution in [2.45, 2.75) is 18.7 Å². The fourth-order valence-corrected chi connectivity index (χ4v) is 4.79. The largest absolute Gasteiger partial charge is 0.494 e. The number of thiazole rings is 1. The molecule has 0 radical (unpaired) electrons. The fraction of sp³-hybridized carbons (Fsp3) is 0.160. The van der Waals surface area contributed by atoms with E-state index >= 15 is 0 Å². The van der Waals surface area contributed by atoms with Gasteiger partial charge < -0.3 is 15.4 Å². The minimum atomic E-state index is -0.142. The molecule has 1 aromatic heterocycles. The maximum absolute atomic E-state index is 12.4. The molecule has 0 bridgehead atoms. The van der Waals surface area contributed by atoms with Gasteiger partial charge in [0, 0.05) is 16.1 Å². The molecule has 4 aromatic rings. The van der Waals surface area contributed by atoms with Gasteiger partial charge in [0.05, 0.1) is 22.6 Å². The molecule has 0 aliphatic carbocycles. The maximum Gasteiger partial charge on any atom is 0.255 e. The number of nitrogens with one attached hydrogen (secondary N) is 2. The number of hydrogen-bond donors (Lipinski definition) is 2. The summed E-state index contributed by atoms with van der Waals surface area (Å²) in [6, 6.07) is 20.6. The van der Waals surface area contributed by atoms with Crippen molar-refractivity contribution in [3.05, 3.63) is 77.9 Å². The van der Waals surface area contributed by atoms with E-state index < -0.39 is 0 Å². The van der Waals surface area contributed by atoms with Crippen LogP contribution in [0.15, 0.2) is 71.6 Å². The van der Waals surface area contributed by atoms with Gasteiger partial charge >= 0.3 is 0 Å². The summed E-state index contributed by atoms with van der Waals surface area (Å²) in [7, 11) is 0. The monoisotopic (exact) mass is 477 g/mol. The zero-order valence-electron chi connectivity index (χ0n) is 18.3. The Morgan fingerprint density at radius 2 is 1.82 bits per heavy atom. The zero-order chi connectivity index (χ0) is 23.2. The van der Waals surface area contributed by atoms with Gasteiger partial charge in [-0.3, -0.25) is 9.59 Å². The van der Waals surface area contributed by atoms with Crippen LogP contribution in [0.5, 0.6) is 5.75 Å². The molecule has 8 heteroatoms. The Morgan fingerprint density at radius 1 is 1.03 bits per heavy atom. The molecule has 0 atom stereocenters. The van der Waals surface area contributed by atoms with Crippen LogP contribution >= 0.6 is 23.1 Å². The summed E-state index contributed by atoms with van der Waals surface area (Å²) in [5.74, 6) is 0.786. The quantitative estimate of drug-likeness (QED) is 0.305. The van der Waals surface area contributed by atoms with Crippen LogP contribution in [0.3, 0.4) is 0 Å². The minimum Gasteiger partial charge on any atom is -0.494 e. The number of anilines is 2. The highest BCUT2D eigenvalue weighted by molar-refractivity contribution is 8.00. The lowest BCUT2D eigenvalue weighted by Crippen LogP contribution is -2.14. The summed E-state index contributed by atoms with van der Waals surface area (Å²) < 4.78 is 6.48. The smallest absolute Gasteiger partial charge is 0.255 e. The van der Waals surface area contributed by atoms with Crippen LogP contribution in [-0.2, 0) is 4.79 Å². The number of aromatic nitrogens is 1. The van der Waals surface area contributed by atoms with Crippen LogP contribution in [0.2, 0.25) is 0 Å². The van der Waals surface area contributed by atoms with Gasteiger partial charge in [0.2, 0.25) is 5.91 Å². The van der Waals surface area contributed by atoms with Gasteiger partial charge in [-0.05, 0) is 67.9 Å². The summed E-state index contributed by atoms with van der Waals surface area (Å²) in [6.07, 6.45) is 0. The molecule has 0 unspecified atom stereocenters. The summed E-state index contributed by atoms with van der Waals surface area (Å²) >= 11 is 2.84. The van der Waals surface area contributed by atoms with E-state index in [-0.39, 0.29) is 17.6 Å². The molecule has 168 valence electrons. The van der Waals surface area contributed by atoms with E-state index in [9.17, 15) is 9.59 Å². The van der Waals surface area contributed by atoms with Crippen molar-refractivity contribution in [3.8, 4) is 5.75 Å². The van der Waals surface area contributed by atoms with Gasteiger partial charge in [-0.1, -0.05) is 29.5 Å². The third kappa shape index (κ3) is 5.91. The van der Waals surface area contributed by atoms with E-state index in [1.807, 2.05) is 74.5 Å². The second-order valence-corrected chi connectivity index (χ2v) is 9.29. The molecule has 33 heavy (non-hydrogen) atoms. The fourth-order valence-electron chi connectivity index (χ4n) is 3.18. The topological polar surface area (TPSA) is 80.3 Å². The number of ether oxygens (including phenoxy) is 1. The van der Waals surface area contributed by atoms with Gasteiger partial charge in [-0.2, -0.15) is 0 Å². The Morgan fingerprint density at radius 3 is 2.58 bits per heavy atom. The lowest BCUT2D eigenvalue weighted by atomic mass is 10.1. The van der Waals surface area contributed by atoms with Crippen LogP contribution in [0, 0.1) is 6.92 Å². The number of thioether (sulfide) groups is 1. The predicted octanol–water partition coefficient (Wildman–Crippen LogP) is 5.99. The molecule has 3 aromatic carbocycles. The molecule has 0 saturated carbocycles. The summed E-state index contributed by atoms with van der Waals surface area (Å²) in [5, 5.41) is 6.34. The predicted molar refractivity (Wildman–Crippen MR) is 136 cm³/mol. The highest BCUT2D eigenvalue weighted by Gasteiger charge is 2.11. The summed E-state index contributed by atoms with van der Waals surface area (Å²) in [5.41, 5.74) is 3.11. The molecule has 0 aliphatic rings. The third-order valence-electron chi connectivity index (χ3n) is 4.79. The van der Waals surface area contributed by atoms with Crippen molar-refractivity contribution < 1.29 is 14.3 Å². The highest BCUT2D eigenvalue weighted by Crippen LogP contribution is 2.29. The average Bonchev–Trinajstić information content (AvgIpc) is 3.20. The summed E-state index contributed by atoms with van der Waals surface area (Å²) in [4.78, 5) is 30.2. The summed E-state index contributed by atoms with van der Waals surface area (Å²) in [6.45, 7) is 4.45. The minimum absolute atomic E-state index is 0.124. The van der Waals surface area contributed by atoms with Crippen molar-refractivity contribution in [1.29, 1.82) is 0 Å². The van der Waals surface area contributed by atoms with Crippen molar-refractivity contribution in [2.24, 2.45) is 0 Å². The van der Waals surface area contributed by atoms with Gasteiger partial charge in [0.1, 0.15) is 5.75 Å². The van der Waals surface area contributed by atoms with Crippen molar-refractivity contribution in [3.63, 3.8) is 0 Å². The number of fused-ring (bicyclic) bond motifs is 1. The van der Waals surface area contributed by atoms with E-state index in [0.717, 1.165) is 26.4 Å². The number of benzene rings is 3. The second-order valence-electron chi connectivity index (χ2n) is 7.21. The van der Waals surface area contributed by atoms with Crippen LogP contribution in [-0.4, -0.2) is 29.2 Å². The normalized spacial score (nSPS) is 10.7. The second kappa shape index (κ2) is 10.5. The number of carbonyl (C=O) groups is 2. The van der Waals surface area contributed by atoms with Crippen LogP contribution in [0.25, 0.3) is 10.2 Å². The van der Waals surface area contributed by atoms with Gasteiger partial charge in [-0.15, -0.1) is 11.8 Å². The Bertz CT molecular complexity index is 1290. The van der Waals surface area contributed by atoms with Crippen molar-refractivity contribution in [1.82, 2.24) is 4.98 Å². The SMILES string of the molecule is CCOc1ccc2nc(NC(=O)CSc3ccc(NC(=O)c4ccccc4C)cc3)sc2c1. The number of amides is 2. The van der Waals surface area contributed by atoms with E-state index in [2.05, 4.69) is 15.6 Å². The number of aryl methyl sites for hydroxylation is 1. The molecule has 2 amide bonds. The number of hydrogen-bond acceptors (Lipinski definition) is 6. The standard InChI is InChI=1S/C25H23N3O3S2/c1-3-31-18-10-13-21-22(14-18)33-25(27-21)28-23(29)15-32-19-11-8-17(9-12-19)26-24(30)20-7-5-4-6-16(20)2/h4-14H,3,15H2,1-2H3,(H,26,30)(H,27,28,29). The third-order valence-corrected chi connectivity index (χ3v) is 6.73. The van der Waals surface area contributed by atoms with Gasteiger partial charge in [0.25, 0.3) is 5.91 Å². The number of nitrogens with zero attached hydrogens (tertiary/aromatic N) is 1. The first-order valence-electron chi connectivity index (χ1n) is 10.4. The lowest BCUT2D eigenvalue weighted by molar-refractivity contribution is -0.113. The number of rotatable bonds is 8. The molecule has 0 saturated heterocycles. The molecule has 0 fully saturated rings. The Labute approximate surface area is 200 Å². The first kappa shape index (κ1) is 22.8. The number of carbonyl (C=O) groups excluding carboxylic acids is 2. The first-order valence-corrected chi connectivity index (χ1v) is 12.2. The van der Waals surface area contributed by atoms with E-state index in [1.54, 1.807) is 6.07 Å². The van der Waals surface area contributed by atoms with E-state index in [4.69, 9.17) is 4.74 Å². The molecule has 4 rings (SSSR count). The average molecular weight is 478 g/mol. The van der Waals surface area contributed by atoms with Gasteiger partial charge in [0.15, 0.2) is 5.13 Å². The van der Waals surface area contributed by atoms with Crippen molar-refractivity contribution in [2.75, 3.05) is 23.0 Å². The zero-order valence-corrected chi connectivity index (χ0v) is 19.9. The van der Waals surface area contributed by atoms with Crippen LogP contribution < -0.4 is 15.4 Å². The Kier molecular flexibility index (Phi) is 7.26. The highest BCUT2D eigenvalue weighted by atomic mass is 32.2. The molecule has 0 spiro atoms. The molecule has 6 nitrogen and oxygen atoms in total. The van der Waals surface area contributed by atoms with E-state index in [1.165, 1.54) is 23.1 Å². The van der Waals surface area contributed by atoms with Gasteiger partial charge in [-0.25, -0.2) is 4.98 Å². The molecule has 0 aliphatic heterocycles. The maximum atomic E-state index is 12.4. The molecule has 2 N–H and O–H groups in total. The van der Waals surface area contributed by atoms with E-state index in [0.29, 0.717) is 23.0 Å². The Balaban J connectivity index is 1.30. The molecule has 1 heterocycles. The molecular formula is C25H23N3O3S2. The molecular weight excluding hydrogens is 454 g/mol. The van der Waals surface area contributed by atoms with Crippen molar-refractivity contribution >= 4 is 55.9 Å².